The molecule has 0 aliphatic heterocycles. The fourth-order valence-corrected chi connectivity index (χ4v) is 1.48. The van der Waals surface area contributed by atoms with Gasteiger partial charge in [0.25, 0.3) is 0 Å². The van der Waals surface area contributed by atoms with Gasteiger partial charge >= 0.3 is 0 Å². The minimum absolute atomic E-state index is 0.318. The van der Waals surface area contributed by atoms with Gasteiger partial charge in [-0.05, 0) is 19.4 Å². The molecule has 0 fully saturated rings. The first-order valence-corrected chi connectivity index (χ1v) is 5.95. The van der Waals surface area contributed by atoms with Gasteiger partial charge in [0, 0.05) is 24.2 Å². The van der Waals surface area contributed by atoms with Crippen LogP contribution < -0.4 is 4.74 Å². The molecule has 0 spiro atoms. The molecule has 4 nitrogen and oxygen atoms in total. The highest BCUT2D eigenvalue weighted by atomic mass is 35.5. The van der Waals surface area contributed by atoms with E-state index in [-0.39, 0.29) is 0 Å². The van der Waals surface area contributed by atoms with Crippen LogP contribution in [0.3, 0.4) is 0 Å². The van der Waals surface area contributed by atoms with Crippen LogP contribution in [0.15, 0.2) is 30.7 Å². The predicted octanol–water partition coefficient (Wildman–Crippen LogP) is 3.39. The molecule has 0 saturated heterocycles. The van der Waals surface area contributed by atoms with E-state index in [1.54, 1.807) is 18.5 Å². The van der Waals surface area contributed by atoms with Crippen LogP contribution in [-0.2, 0) is 5.88 Å². The molecule has 0 bridgehead atoms. The molecule has 90 valence electrons. The fraction of sp³-hybridized carbons (Fsp3) is 0.333. The van der Waals surface area contributed by atoms with E-state index in [9.17, 15) is 0 Å². The summed E-state index contributed by atoms with van der Waals surface area (Å²) in [7, 11) is 0. The molecule has 2 aromatic heterocycles. The zero-order valence-electron chi connectivity index (χ0n) is 9.80. The minimum atomic E-state index is 0.318. The Morgan fingerprint density at radius 2 is 2.18 bits per heavy atom. The monoisotopic (exact) mass is 251 g/mol. The minimum Gasteiger partial charge on any atom is -0.436 e. The third-order valence-corrected chi connectivity index (χ3v) is 2.59. The first kappa shape index (κ1) is 11.9. The van der Waals surface area contributed by atoms with Crippen LogP contribution in [0.2, 0.25) is 0 Å². The van der Waals surface area contributed by atoms with Crippen LogP contribution in [0.1, 0.15) is 25.5 Å². The molecule has 0 aliphatic rings. The summed E-state index contributed by atoms with van der Waals surface area (Å²) in [6.45, 7) is 4.12. The van der Waals surface area contributed by atoms with Crippen LogP contribution in [-0.4, -0.2) is 14.8 Å². The lowest BCUT2D eigenvalue weighted by Gasteiger charge is -2.04. The van der Waals surface area contributed by atoms with E-state index in [4.69, 9.17) is 16.3 Å². The van der Waals surface area contributed by atoms with Gasteiger partial charge in [0.05, 0.1) is 12.4 Å². The second-order valence-corrected chi connectivity index (χ2v) is 4.26. The normalized spacial score (nSPS) is 10.8. The van der Waals surface area contributed by atoms with Crippen molar-refractivity contribution in [1.82, 2.24) is 14.8 Å². The molecule has 2 aromatic rings. The van der Waals surface area contributed by atoms with Gasteiger partial charge in [0.15, 0.2) is 5.75 Å². The molecular weight excluding hydrogens is 238 g/mol. The average Bonchev–Trinajstić information content (AvgIpc) is 2.79. The standard InChI is InChI=1S/C12H14ClN3O/c1-9(2)16-8-11(7-15-16)17-12-4-3-10(5-13)6-14-12/h3-4,6-9H,5H2,1-2H3. The molecule has 5 heteroatoms. The highest BCUT2D eigenvalue weighted by Crippen LogP contribution is 2.20. The number of rotatable bonds is 4. The number of aromatic nitrogens is 3. The van der Waals surface area contributed by atoms with Gasteiger partial charge in [-0.2, -0.15) is 5.10 Å². The van der Waals surface area contributed by atoms with Crippen molar-refractivity contribution >= 4 is 11.6 Å². The van der Waals surface area contributed by atoms with Crippen molar-refractivity contribution in [1.29, 1.82) is 0 Å². The van der Waals surface area contributed by atoms with Crippen molar-refractivity contribution in [2.24, 2.45) is 0 Å². The van der Waals surface area contributed by atoms with Gasteiger partial charge in [-0.25, -0.2) is 4.98 Å². The predicted molar refractivity (Wildman–Crippen MR) is 66.5 cm³/mol. The lowest BCUT2D eigenvalue weighted by molar-refractivity contribution is 0.459. The quantitative estimate of drug-likeness (QED) is 0.782. The Labute approximate surface area is 105 Å². The number of pyridine rings is 1. The van der Waals surface area contributed by atoms with Gasteiger partial charge in [0.2, 0.25) is 5.88 Å². The molecule has 0 unspecified atom stereocenters. The summed E-state index contributed by atoms with van der Waals surface area (Å²) in [5, 5.41) is 4.19. The molecule has 0 saturated carbocycles. The van der Waals surface area contributed by atoms with Crippen LogP contribution in [0.5, 0.6) is 11.6 Å². The van der Waals surface area contributed by atoms with Crippen molar-refractivity contribution < 1.29 is 4.74 Å². The zero-order valence-corrected chi connectivity index (χ0v) is 10.6. The molecular formula is C12H14ClN3O. The summed E-state index contributed by atoms with van der Waals surface area (Å²) in [6, 6.07) is 4.01. The van der Waals surface area contributed by atoms with Crippen molar-refractivity contribution in [2.45, 2.75) is 25.8 Å². The number of alkyl halides is 1. The number of hydrogen-bond donors (Lipinski definition) is 0. The van der Waals surface area contributed by atoms with Crippen LogP contribution >= 0.6 is 11.6 Å². The second-order valence-electron chi connectivity index (χ2n) is 3.99. The van der Waals surface area contributed by atoms with Crippen molar-refractivity contribution in [3.05, 3.63) is 36.3 Å². The Balaban J connectivity index is 2.08. The number of hydrogen-bond acceptors (Lipinski definition) is 3. The molecule has 2 heterocycles. The van der Waals surface area contributed by atoms with E-state index in [1.807, 2.05) is 16.9 Å². The van der Waals surface area contributed by atoms with Gasteiger partial charge in [0.1, 0.15) is 0 Å². The molecule has 17 heavy (non-hydrogen) atoms. The van der Waals surface area contributed by atoms with Crippen LogP contribution in [0.25, 0.3) is 0 Å². The highest BCUT2D eigenvalue weighted by Gasteiger charge is 2.04. The van der Waals surface area contributed by atoms with Crippen molar-refractivity contribution in [3.63, 3.8) is 0 Å². The van der Waals surface area contributed by atoms with Crippen molar-refractivity contribution in [2.75, 3.05) is 0 Å². The SMILES string of the molecule is CC(C)n1cc(Oc2ccc(CCl)cn2)cn1. The molecule has 0 atom stereocenters. The smallest absolute Gasteiger partial charge is 0.219 e. The van der Waals surface area contributed by atoms with Crippen LogP contribution in [0.4, 0.5) is 0 Å². The van der Waals surface area contributed by atoms with E-state index >= 15 is 0 Å². The summed E-state index contributed by atoms with van der Waals surface area (Å²) < 4.78 is 7.41. The van der Waals surface area contributed by atoms with Crippen LogP contribution in [0, 0.1) is 0 Å². The van der Waals surface area contributed by atoms with E-state index in [1.165, 1.54) is 0 Å². The third-order valence-electron chi connectivity index (χ3n) is 2.28. The van der Waals surface area contributed by atoms with Gasteiger partial charge in [-0.3, -0.25) is 4.68 Å². The molecule has 0 aromatic carbocycles. The molecule has 2 rings (SSSR count). The maximum atomic E-state index is 5.68. The lowest BCUT2D eigenvalue weighted by atomic mass is 10.3. The maximum Gasteiger partial charge on any atom is 0.219 e. The number of halogens is 1. The molecule has 0 radical (unpaired) electrons. The summed E-state index contributed by atoms with van der Waals surface area (Å²) in [5.74, 6) is 1.69. The topological polar surface area (TPSA) is 39.9 Å². The summed E-state index contributed by atoms with van der Waals surface area (Å²) >= 11 is 5.68. The van der Waals surface area contributed by atoms with Crippen molar-refractivity contribution in [3.8, 4) is 11.6 Å². The summed E-state index contributed by atoms with van der Waals surface area (Å²) in [5.41, 5.74) is 0.969. The highest BCUT2D eigenvalue weighted by molar-refractivity contribution is 6.17. The molecule has 0 amide bonds. The maximum absolute atomic E-state index is 5.68. The first-order valence-electron chi connectivity index (χ1n) is 5.42. The van der Waals surface area contributed by atoms with E-state index in [0.717, 1.165) is 5.56 Å². The fourth-order valence-electron chi connectivity index (χ4n) is 1.33. The lowest BCUT2D eigenvalue weighted by Crippen LogP contribution is -1.99. The van der Waals surface area contributed by atoms with E-state index in [0.29, 0.717) is 23.6 Å². The van der Waals surface area contributed by atoms with Gasteiger partial charge < -0.3 is 4.74 Å². The van der Waals surface area contributed by atoms with Gasteiger partial charge in [-0.1, -0.05) is 6.07 Å². The van der Waals surface area contributed by atoms with Gasteiger partial charge in [-0.15, -0.1) is 11.6 Å². The Morgan fingerprint density at radius 1 is 1.35 bits per heavy atom. The number of nitrogens with zero attached hydrogens (tertiary/aromatic N) is 3. The first-order chi connectivity index (χ1) is 8.19. The average molecular weight is 252 g/mol. The largest absolute Gasteiger partial charge is 0.436 e. The summed E-state index contributed by atoms with van der Waals surface area (Å²) in [4.78, 5) is 4.16. The zero-order chi connectivity index (χ0) is 12.3. The summed E-state index contributed by atoms with van der Waals surface area (Å²) in [6.07, 6.45) is 5.23. The Hall–Kier alpha value is -1.55. The second kappa shape index (κ2) is 5.19. The Kier molecular flexibility index (Phi) is 3.64. The Morgan fingerprint density at radius 3 is 2.71 bits per heavy atom. The molecule has 0 aliphatic carbocycles. The Bertz CT molecular complexity index is 479. The third kappa shape index (κ3) is 2.97. The number of ether oxygens (including phenoxy) is 1. The molecule has 0 N–H and O–H groups in total. The van der Waals surface area contributed by atoms with E-state index < -0.39 is 0 Å². The van der Waals surface area contributed by atoms with E-state index in [2.05, 4.69) is 23.9 Å².